The molecule has 1 aliphatic heterocycles. The molecule has 5 nitrogen and oxygen atoms in total. The molecule has 1 saturated heterocycles. The van der Waals surface area contributed by atoms with Gasteiger partial charge in [-0.2, -0.15) is 0 Å². The topological polar surface area (TPSA) is 75.4 Å². The minimum absolute atomic E-state index is 0.143. The van der Waals surface area contributed by atoms with Gasteiger partial charge in [-0.3, -0.25) is 9.59 Å². The minimum atomic E-state index is -0.528. The van der Waals surface area contributed by atoms with Crippen LogP contribution < -0.4 is 16.0 Å². The molecule has 118 valence electrons. The van der Waals surface area contributed by atoms with Gasteiger partial charge >= 0.3 is 0 Å². The number of nitrogens with two attached hydrogens (primary N) is 1. The standard InChI is InChI=1S/C17H16ClN3O2/c18-12-4-6-14(7-5-12)21-16(22)9-15(17(21)23)20-10-11-2-1-3-13(19)8-11/h1-8,15,20H,9-10,19H2. The maximum Gasteiger partial charge on any atom is 0.251 e. The van der Waals surface area contributed by atoms with Crippen LogP contribution in [0.5, 0.6) is 0 Å². The summed E-state index contributed by atoms with van der Waals surface area (Å²) in [6.45, 7) is 0.475. The second-order valence-corrected chi connectivity index (χ2v) is 5.86. The monoisotopic (exact) mass is 329 g/mol. The van der Waals surface area contributed by atoms with Crippen molar-refractivity contribution in [3.05, 3.63) is 59.1 Å². The number of hydrogen-bond donors (Lipinski definition) is 2. The summed E-state index contributed by atoms with van der Waals surface area (Å²) in [5.41, 5.74) is 7.91. The first-order chi connectivity index (χ1) is 11.0. The molecular weight excluding hydrogens is 314 g/mol. The molecule has 1 unspecified atom stereocenters. The lowest BCUT2D eigenvalue weighted by Crippen LogP contribution is -2.38. The van der Waals surface area contributed by atoms with E-state index in [9.17, 15) is 9.59 Å². The Morgan fingerprint density at radius 2 is 1.91 bits per heavy atom. The highest BCUT2D eigenvalue weighted by Gasteiger charge is 2.39. The predicted molar refractivity (Wildman–Crippen MR) is 90.0 cm³/mol. The number of benzene rings is 2. The molecule has 1 atom stereocenters. The number of nitrogens with one attached hydrogen (secondary N) is 1. The maximum absolute atomic E-state index is 12.5. The summed E-state index contributed by atoms with van der Waals surface area (Å²) >= 11 is 5.84. The summed E-state index contributed by atoms with van der Waals surface area (Å²) in [4.78, 5) is 25.8. The van der Waals surface area contributed by atoms with E-state index in [0.717, 1.165) is 5.56 Å². The Morgan fingerprint density at radius 3 is 2.61 bits per heavy atom. The van der Waals surface area contributed by atoms with Gasteiger partial charge in [-0.05, 0) is 42.0 Å². The lowest BCUT2D eigenvalue weighted by atomic mass is 10.2. The fourth-order valence-electron chi connectivity index (χ4n) is 2.60. The summed E-state index contributed by atoms with van der Waals surface area (Å²) in [7, 11) is 0. The molecule has 0 aromatic heterocycles. The number of halogens is 1. The van der Waals surface area contributed by atoms with E-state index in [4.69, 9.17) is 17.3 Å². The SMILES string of the molecule is Nc1cccc(CNC2CC(=O)N(c3ccc(Cl)cc3)C2=O)c1. The van der Waals surface area contributed by atoms with Crippen LogP contribution in [0, 0.1) is 0 Å². The molecule has 6 heteroatoms. The molecule has 2 amide bonds. The van der Waals surface area contributed by atoms with Crippen molar-refractivity contribution in [1.29, 1.82) is 0 Å². The van der Waals surface area contributed by atoms with E-state index in [1.165, 1.54) is 4.90 Å². The summed E-state index contributed by atoms with van der Waals surface area (Å²) < 4.78 is 0. The van der Waals surface area contributed by atoms with E-state index >= 15 is 0 Å². The van der Waals surface area contributed by atoms with Gasteiger partial charge in [0.2, 0.25) is 5.91 Å². The second-order valence-electron chi connectivity index (χ2n) is 5.43. The third-order valence-corrected chi connectivity index (χ3v) is 3.99. The van der Waals surface area contributed by atoms with Crippen LogP contribution in [0.2, 0.25) is 5.02 Å². The van der Waals surface area contributed by atoms with Crippen molar-refractivity contribution in [1.82, 2.24) is 5.32 Å². The number of carbonyl (C=O) groups is 2. The van der Waals surface area contributed by atoms with Crippen molar-refractivity contribution in [3.8, 4) is 0 Å². The molecule has 0 saturated carbocycles. The van der Waals surface area contributed by atoms with E-state index in [0.29, 0.717) is 22.9 Å². The van der Waals surface area contributed by atoms with Gasteiger partial charge in [0, 0.05) is 17.3 Å². The molecule has 1 aliphatic rings. The van der Waals surface area contributed by atoms with Crippen molar-refractivity contribution in [2.24, 2.45) is 0 Å². The predicted octanol–water partition coefficient (Wildman–Crippen LogP) is 2.34. The summed E-state index contributed by atoms with van der Waals surface area (Å²) in [6, 6.07) is 13.5. The van der Waals surface area contributed by atoms with E-state index in [1.807, 2.05) is 18.2 Å². The summed E-state index contributed by atoms with van der Waals surface area (Å²) in [5, 5.41) is 3.68. The molecule has 0 spiro atoms. The number of nitrogens with zero attached hydrogens (tertiary/aromatic N) is 1. The Kier molecular flexibility index (Phi) is 4.32. The Hall–Kier alpha value is -2.37. The van der Waals surface area contributed by atoms with Gasteiger partial charge in [-0.25, -0.2) is 4.90 Å². The van der Waals surface area contributed by atoms with E-state index in [1.54, 1.807) is 30.3 Å². The quantitative estimate of drug-likeness (QED) is 0.667. The zero-order valence-electron chi connectivity index (χ0n) is 12.3. The third-order valence-electron chi connectivity index (χ3n) is 3.74. The van der Waals surface area contributed by atoms with Gasteiger partial charge in [0.1, 0.15) is 0 Å². The number of anilines is 2. The van der Waals surface area contributed by atoms with Gasteiger partial charge in [0.25, 0.3) is 5.91 Å². The third kappa shape index (κ3) is 3.36. The lowest BCUT2D eigenvalue weighted by molar-refractivity contribution is -0.121. The van der Waals surface area contributed by atoms with Crippen molar-refractivity contribution < 1.29 is 9.59 Å². The minimum Gasteiger partial charge on any atom is -0.399 e. The zero-order chi connectivity index (χ0) is 16.4. The largest absolute Gasteiger partial charge is 0.399 e. The van der Waals surface area contributed by atoms with Crippen LogP contribution in [0.3, 0.4) is 0 Å². The second kappa shape index (κ2) is 6.40. The molecule has 1 fully saturated rings. The van der Waals surface area contributed by atoms with Gasteiger partial charge in [-0.15, -0.1) is 0 Å². The molecule has 0 radical (unpaired) electrons. The van der Waals surface area contributed by atoms with Crippen LogP contribution in [0.25, 0.3) is 0 Å². The molecule has 3 N–H and O–H groups in total. The van der Waals surface area contributed by atoms with Crippen molar-refractivity contribution in [2.75, 3.05) is 10.6 Å². The van der Waals surface area contributed by atoms with Crippen LogP contribution in [0.15, 0.2) is 48.5 Å². The highest BCUT2D eigenvalue weighted by atomic mass is 35.5. The van der Waals surface area contributed by atoms with Crippen LogP contribution >= 0.6 is 11.6 Å². The van der Waals surface area contributed by atoms with E-state index in [-0.39, 0.29) is 18.2 Å². The Bertz CT molecular complexity index is 746. The number of carbonyl (C=O) groups excluding carboxylic acids is 2. The molecule has 2 aromatic carbocycles. The number of rotatable bonds is 4. The Labute approximate surface area is 139 Å². The van der Waals surface area contributed by atoms with Crippen molar-refractivity contribution >= 4 is 34.8 Å². The Balaban J connectivity index is 1.70. The fourth-order valence-corrected chi connectivity index (χ4v) is 2.72. The molecule has 3 rings (SSSR count). The molecule has 0 bridgehead atoms. The smallest absolute Gasteiger partial charge is 0.251 e. The highest BCUT2D eigenvalue weighted by Crippen LogP contribution is 2.24. The molecule has 0 aliphatic carbocycles. The number of amides is 2. The average Bonchev–Trinajstić information content (AvgIpc) is 2.81. The Morgan fingerprint density at radius 1 is 1.17 bits per heavy atom. The summed E-state index contributed by atoms with van der Waals surface area (Å²) in [5.74, 6) is -0.469. The van der Waals surface area contributed by atoms with Gasteiger partial charge in [-0.1, -0.05) is 23.7 Å². The first-order valence-electron chi connectivity index (χ1n) is 7.25. The fraction of sp³-hybridized carbons (Fsp3) is 0.176. The highest BCUT2D eigenvalue weighted by molar-refractivity contribution is 6.30. The molecular formula is C17H16ClN3O2. The normalized spacial score (nSPS) is 17.8. The average molecular weight is 330 g/mol. The lowest BCUT2D eigenvalue weighted by Gasteiger charge is -2.15. The molecule has 2 aromatic rings. The van der Waals surface area contributed by atoms with Crippen molar-refractivity contribution in [2.45, 2.75) is 19.0 Å². The number of imide groups is 1. The van der Waals surface area contributed by atoms with Gasteiger partial charge in [0.05, 0.1) is 18.2 Å². The van der Waals surface area contributed by atoms with E-state index < -0.39 is 6.04 Å². The first kappa shape index (κ1) is 15.5. The van der Waals surface area contributed by atoms with Crippen LogP contribution in [-0.2, 0) is 16.1 Å². The van der Waals surface area contributed by atoms with Gasteiger partial charge in [0.15, 0.2) is 0 Å². The first-order valence-corrected chi connectivity index (χ1v) is 7.62. The van der Waals surface area contributed by atoms with Crippen LogP contribution in [-0.4, -0.2) is 17.9 Å². The summed E-state index contributed by atoms with van der Waals surface area (Å²) in [6.07, 6.45) is 0.143. The maximum atomic E-state index is 12.5. The van der Waals surface area contributed by atoms with Crippen LogP contribution in [0.4, 0.5) is 11.4 Å². The number of hydrogen-bond acceptors (Lipinski definition) is 4. The van der Waals surface area contributed by atoms with Gasteiger partial charge < -0.3 is 11.1 Å². The molecule has 23 heavy (non-hydrogen) atoms. The van der Waals surface area contributed by atoms with E-state index in [2.05, 4.69) is 5.32 Å². The zero-order valence-corrected chi connectivity index (χ0v) is 13.1. The molecule has 1 heterocycles. The number of nitrogen functional groups attached to an aromatic ring is 1. The van der Waals surface area contributed by atoms with Crippen molar-refractivity contribution in [3.63, 3.8) is 0 Å². The van der Waals surface area contributed by atoms with Crippen LogP contribution in [0.1, 0.15) is 12.0 Å².